The molecule has 1 N–H and O–H groups in total. The normalized spacial score (nSPS) is 13.5. The smallest absolute Gasteiger partial charge is 0.273 e. The van der Waals surface area contributed by atoms with E-state index in [-0.39, 0.29) is 17.4 Å². The zero-order valence-corrected chi connectivity index (χ0v) is 16.8. The van der Waals surface area contributed by atoms with E-state index in [0.29, 0.717) is 12.2 Å². The Kier molecular flexibility index (Phi) is 4.92. The van der Waals surface area contributed by atoms with E-state index in [0.717, 1.165) is 16.6 Å². The van der Waals surface area contributed by atoms with Gasteiger partial charge in [0.2, 0.25) is 5.91 Å². The molecule has 0 saturated carbocycles. The molecule has 2 heterocycles. The van der Waals surface area contributed by atoms with Gasteiger partial charge >= 0.3 is 0 Å². The number of para-hydroxylation sites is 1. The van der Waals surface area contributed by atoms with Crippen molar-refractivity contribution in [2.24, 2.45) is 0 Å². The maximum absolute atomic E-state index is 13.0. The molecule has 29 heavy (non-hydrogen) atoms. The van der Waals surface area contributed by atoms with Crippen molar-refractivity contribution in [2.75, 3.05) is 6.54 Å². The number of amides is 1. The van der Waals surface area contributed by atoms with Crippen LogP contribution in [0.15, 0.2) is 65.5 Å². The van der Waals surface area contributed by atoms with Gasteiger partial charge in [0.25, 0.3) is 5.56 Å². The first-order valence-electron chi connectivity index (χ1n) is 9.79. The number of hydrogen-bond acceptors (Lipinski definition) is 3. The zero-order valence-electron chi connectivity index (χ0n) is 16.8. The number of hydrogen-bond donors (Lipinski definition) is 1. The molecule has 6 heteroatoms. The van der Waals surface area contributed by atoms with Gasteiger partial charge in [-0.25, -0.2) is 4.52 Å². The fourth-order valence-corrected chi connectivity index (χ4v) is 3.80. The molecule has 0 radical (unpaired) electrons. The predicted molar refractivity (Wildman–Crippen MR) is 114 cm³/mol. The van der Waals surface area contributed by atoms with Gasteiger partial charge in [0.05, 0.1) is 5.52 Å². The highest BCUT2D eigenvalue weighted by molar-refractivity contribution is 5.94. The van der Waals surface area contributed by atoms with Crippen LogP contribution in [0.2, 0.25) is 0 Å². The van der Waals surface area contributed by atoms with Crippen molar-refractivity contribution in [1.82, 2.24) is 19.5 Å². The molecule has 0 aliphatic rings. The minimum absolute atomic E-state index is 0.0754. The van der Waals surface area contributed by atoms with Gasteiger partial charge in [-0.05, 0) is 37.5 Å². The number of benzene rings is 2. The standard InChI is InChI=1S/C23H24N4O2/c1-15(18-9-5-4-6-10-18)14-24-23(29)17(3)27-20-12-8-7-11-19(20)22-25-21(28)13-16(2)26(22)27/h4-13,15,17H,14H2,1-3H3,(H,24,29)/t15-,17-/m0/s1. The molecule has 0 spiro atoms. The summed E-state index contributed by atoms with van der Waals surface area (Å²) >= 11 is 0. The van der Waals surface area contributed by atoms with Crippen LogP contribution in [0.1, 0.15) is 37.1 Å². The fraction of sp³-hybridized carbons (Fsp3) is 0.261. The van der Waals surface area contributed by atoms with Gasteiger partial charge in [0.15, 0.2) is 5.65 Å². The summed E-state index contributed by atoms with van der Waals surface area (Å²) in [6.07, 6.45) is 0. The van der Waals surface area contributed by atoms with Crippen molar-refractivity contribution in [3.05, 3.63) is 82.3 Å². The molecule has 6 nitrogen and oxygen atoms in total. The molecule has 0 bridgehead atoms. The number of aryl methyl sites for hydroxylation is 1. The molecule has 0 unspecified atom stereocenters. The van der Waals surface area contributed by atoms with Crippen molar-refractivity contribution in [1.29, 1.82) is 0 Å². The third kappa shape index (κ3) is 3.42. The maximum Gasteiger partial charge on any atom is 0.273 e. The number of nitrogens with one attached hydrogen (secondary N) is 1. The van der Waals surface area contributed by atoms with Crippen LogP contribution in [0.5, 0.6) is 0 Å². The number of rotatable bonds is 5. The average Bonchev–Trinajstić information content (AvgIpc) is 3.06. The van der Waals surface area contributed by atoms with Gasteiger partial charge in [-0.1, -0.05) is 49.4 Å². The SMILES string of the molecule is Cc1cc(=O)nc2c3ccccc3n([C@@H](C)C(=O)NC[C@H](C)c3ccccc3)n12. The van der Waals surface area contributed by atoms with Crippen LogP contribution in [0.25, 0.3) is 16.6 Å². The van der Waals surface area contributed by atoms with Gasteiger partial charge in [0.1, 0.15) is 6.04 Å². The van der Waals surface area contributed by atoms with Crippen LogP contribution in [-0.4, -0.2) is 26.6 Å². The highest BCUT2D eigenvalue weighted by Crippen LogP contribution is 2.25. The molecule has 1 amide bonds. The largest absolute Gasteiger partial charge is 0.354 e. The van der Waals surface area contributed by atoms with Gasteiger partial charge in [-0.2, -0.15) is 4.98 Å². The number of carbonyl (C=O) groups is 1. The molecule has 0 aliphatic carbocycles. The minimum Gasteiger partial charge on any atom is -0.354 e. The summed E-state index contributed by atoms with van der Waals surface area (Å²) in [5.74, 6) is 0.137. The Morgan fingerprint density at radius 3 is 2.52 bits per heavy atom. The fourth-order valence-electron chi connectivity index (χ4n) is 3.80. The Hall–Kier alpha value is -3.41. The van der Waals surface area contributed by atoms with Crippen molar-refractivity contribution in [3.8, 4) is 0 Å². The first-order valence-corrected chi connectivity index (χ1v) is 9.79. The summed E-state index contributed by atoms with van der Waals surface area (Å²) in [7, 11) is 0. The van der Waals surface area contributed by atoms with Crippen molar-refractivity contribution < 1.29 is 4.79 Å². The highest BCUT2D eigenvalue weighted by Gasteiger charge is 2.22. The summed E-state index contributed by atoms with van der Waals surface area (Å²) < 4.78 is 3.77. The molecule has 2 aromatic heterocycles. The van der Waals surface area contributed by atoms with Crippen LogP contribution in [0, 0.1) is 6.92 Å². The van der Waals surface area contributed by atoms with E-state index in [1.165, 1.54) is 11.6 Å². The summed E-state index contributed by atoms with van der Waals surface area (Å²) in [4.78, 5) is 29.2. The van der Waals surface area contributed by atoms with Gasteiger partial charge < -0.3 is 5.32 Å². The quantitative estimate of drug-likeness (QED) is 0.569. The first-order chi connectivity index (χ1) is 14.0. The molecule has 0 saturated heterocycles. The predicted octanol–water partition coefficient (Wildman–Crippen LogP) is 3.44. The zero-order chi connectivity index (χ0) is 20.5. The molecule has 148 valence electrons. The van der Waals surface area contributed by atoms with Gasteiger partial charge in [-0.15, -0.1) is 0 Å². The van der Waals surface area contributed by atoms with E-state index in [4.69, 9.17) is 0 Å². The summed E-state index contributed by atoms with van der Waals surface area (Å²) in [6, 6.07) is 18.9. The monoisotopic (exact) mass is 388 g/mol. The van der Waals surface area contributed by atoms with Gasteiger partial charge in [-0.3, -0.25) is 14.3 Å². The summed E-state index contributed by atoms with van der Waals surface area (Å²) in [6.45, 7) is 6.37. The Bertz CT molecular complexity index is 1240. The molecule has 4 aromatic rings. The third-order valence-electron chi connectivity index (χ3n) is 5.39. The number of fused-ring (bicyclic) bond motifs is 3. The average molecular weight is 388 g/mol. The lowest BCUT2D eigenvalue weighted by Crippen LogP contribution is -2.35. The van der Waals surface area contributed by atoms with Crippen molar-refractivity contribution in [2.45, 2.75) is 32.7 Å². The highest BCUT2D eigenvalue weighted by atomic mass is 16.2. The van der Waals surface area contributed by atoms with Crippen LogP contribution >= 0.6 is 0 Å². The topological polar surface area (TPSA) is 68.4 Å². The lowest BCUT2D eigenvalue weighted by atomic mass is 10.0. The maximum atomic E-state index is 13.0. The van der Waals surface area contributed by atoms with E-state index < -0.39 is 6.04 Å². The summed E-state index contributed by atoms with van der Waals surface area (Å²) in [5.41, 5.74) is 3.10. The van der Waals surface area contributed by atoms with E-state index in [1.807, 2.05) is 65.5 Å². The number of aromatic nitrogens is 3. The first kappa shape index (κ1) is 18.9. The minimum atomic E-state index is -0.469. The number of nitrogens with zero attached hydrogens (tertiary/aromatic N) is 3. The molecule has 4 rings (SSSR count). The van der Waals surface area contributed by atoms with Gasteiger partial charge in [0, 0.05) is 23.7 Å². The Morgan fingerprint density at radius 2 is 1.76 bits per heavy atom. The molecule has 2 atom stereocenters. The van der Waals surface area contributed by atoms with Crippen LogP contribution in [0.4, 0.5) is 0 Å². The van der Waals surface area contributed by atoms with Crippen molar-refractivity contribution >= 4 is 22.5 Å². The van der Waals surface area contributed by atoms with E-state index in [1.54, 1.807) is 0 Å². The second-order valence-electron chi connectivity index (χ2n) is 7.47. The lowest BCUT2D eigenvalue weighted by Gasteiger charge is -2.20. The van der Waals surface area contributed by atoms with Crippen LogP contribution < -0.4 is 10.9 Å². The lowest BCUT2D eigenvalue weighted by molar-refractivity contribution is -0.124. The molecular formula is C23H24N4O2. The van der Waals surface area contributed by atoms with Crippen molar-refractivity contribution in [3.63, 3.8) is 0 Å². The van der Waals surface area contributed by atoms with E-state index >= 15 is 0 Å². The van der Waals surface area contributed by atoms with Crippen LogP contribution in [-0.2, 0) is 4.79 Å². The third-order valence-corrected chi connectivity index (χ3v) is 5.39. The van der Waals surface area contributed by atoms with Crippen LogP contribution in [0.3, 0.4) is 0 Å². The molecule has 2 aromatic carbocycles. The second kappa shape index (κ2) is 7.54. The Labute approximate surface area is 168 Å². The second-order valence-corrected chi connectivity index (χ2v) is 7.47. The molecule has 0 aliphatic heterocycles. The Balaban J connectivity index is 1.68. The molecular weight excluding hydrogens is 364 g/mol. The van der Waals surface area contributed by atoms with E-state index in [9.17, 15) is 9.59 Å². The summed E-state index contributed by atoms with van der Waals surface area (Å²) in [5, 5.41) is 3.93. The number of carbonyl (C=O) groups excluding carboxylic acids is 1. The van der Waals surface area contributed by atoms with E-state index in [2.05, 4.69) is 29.4 Å². The molecule has 0 fully saturated rings. The Morgan fingerprint density at radius 1 is 1.07 bits per heavy atom.